The van der Waals surface area contributed by atoms with Gasteiger partial charge in [-0.25, -0.2) is 8.78 Å². The SMILES string of the molecule is CCCN(CC1CC1)C(=O)CCc1ccc(F)c(F)c1. The highest BCUT2D eigenvalue weighted by Crippen LogP contribution is 2.30. The lowest BCUT2D eigenvalue weighted by molar-refractivity contribution is -0.131. The molecule has 2 rings (SSSR count). The smallest absolute Gasteiger partial charge is 0.222 e. The predicted molar refractivity (Wildman–Crippen MR) is 74.3 cm³/mol. The van der Waals surface area contributed by atoms with Crippen molar-refractivity contribution in [2.75, 3.05) is 13.1 Å². The van der Waals surface area contributed by atoms with E-state index in [9.17, 15) is 13.6 Å². The number of carbonyl (C=O) groups excluding carboxylic acids is 1. The van der Waals surface area contributed by atoms with Crippen molar-refractivity contribution in [3.63, 3.8) is 0 Å². The van der Waals surface area contributed by atoms with Gasteiger partial charge in [0.2, 0.25) is 5.91 Å². The van der Waals surface area contributed by atoms with Crippen LogP contribution >= 0.6 is 0 Å². The summed E-state index contributed by atoms with van der Waals surface area (Å²) in [5.41, 5.74) is 0.667. The molecule has 0 aromatic heterocycles. The van der Waals surface area contributed by atoms with E-state index in [2.05, 4.69) is 6.92 Å². The second-order valence-corrected chi connectivity index (χ2v) is 5.53. The molecule has 0 saturated heterocycles. The molecule has 1 aliphatic rings. The van der Waals surface area contributed by atoms with E-state index in [1.807, 2.05) is 4.90 Å². The molecule has 0 N–H and O–H groups in total. The summed E-state index contributed by atoms with van der Waals surface area (Å²) in [7, 11) is 0. The molecule has 2 nitrogen and oxygen atoms in total. The second kappa shape index (κ2) is 6.82. The fraction of sp³-hybridized carbons (Fsp3) is 0.562. The van der Waals surface area contributed by atoms with Crippen molar-refractivity contribution in [1.29, 1.82) is 0 Å². The molecule has 1 aromatic rings. The molecule has 1 amide bonds. The molecule has 0 bridgehead atoms. The molecular formula is C16H21F2NO. The van der Waals surface area contributed by atoms with Crippen LogP contribution in [0.5, 0.6) is 0 Å². The fourth-order valence-electron chi connectivity index (χ4n) is 2.30. The number of benzene rings is 1. The third-order valence-corrected chi connectivity index (χ3v) is 3.63. The summed E-state index contributed by atoms with van der Waals surface area (Å²) in [5.74, 6) is -0.906. The van der Waals surface area contributed by atoms with Crippen LogP contribution in [0, 0.1) is 17.6 Å². The van der Waals surface area contributed by atoms with Crippen LogP contribution in [0.3, 0.4) is 0 Å². The van der Waals surface area contributed by atoms with Crippen molar-refractivity contribution in [2.45, 2.75) is 39.0 Å². The van der Waals surface area contributed by atoms with Crippen LogP contribution in [0.25, 0.3) is 0 Å². The molecule has 4 heteroatoms. The van der Waals surface area contributed by atoms with Gasteiger partial charge >= 0.3 is 0 Å². The van der Waals surface area contributed by atoms with Crippen LogP contribution in [-0.4, -0.2) is 23.9 Å². The van der Waals surface area contributed by atoms with Gasteiger partial charge in [-0.15, -0.1) is 0 Å². The minimum atomic E-state index is -0.849. The summed E-state index contributed by atoms with van der Waals surface area (Å²) in [4.78, 5) is 14.1. The van der Waals surface area contributed by atoms with E-state index in [0.717, 1.165) is 25.6 Å². The maximum absolute atomic E-state index is 13.1. The Morgan fingerprint density at radius 1 is 1.30 bits per heavy atom. The number of aryl methyl sites for hydroxylation is 1. The summed E-state index contributed by atoms with van der Waals surface area (Å²) in [6.45, 7) is 3.69. The maximum atomic E-state index is 13.1. The van der Waals surface area contributed by atoms with Gasteiger partial charge in [0, 0.05) is 19.5 Å². The first-order valence-corrected chi connectivity index (χ1v) is 7.32. The lowest BCUT2D eigenvalue weighted by Gasteiger charge is -2.22. The van der Waals surface area contributed by atoms with E-state index in [0.29, 0.717) is 24.3 Å². The average molecular weight is 281 g/mol. The molecule has 1 aliphatic carbocycles. The van der Waals surface area contributed by atoms with Gasteiger partial charge in [-0.05, 0) is 49.3 Å². The Morgan fingerprint density at radius 3 is 2.65 bits per heavy atom. The van der Waals surface area contributed by atoms with E-state index in [1.54, 1.807) is 0 Å². The summed E-state index contributed by atoms with van der Waals surface area (Å²) in [5, 5.41) is 0. The highest BCUT2D eigenvalue weighted by Gasteiger charge is 2.26. The summed E-state index contributed by atoms with van der Waals surface area (Å²) >= 11 is 0. The van der Waals surface area contributed by atoms with Crippen LogP contribution in [0.1, 0.15) is 38.2 Å². The van der Waals surface area contributed by atoms with Gasteiger partial charge in [-0.2, -0.15) is 0 Å². The number of hydrogen-bond acceptors (Lipinski definition) is 1. The van der Waals surface area contributed by atoms with Crippen molar-refractivity contribution in [3.05, 3.63) is 35.4 Å². The van der Waals surface area contributed by atoms with Crippen molar-refractivity contribution in [3.8, 4) is 0 Å². The highest BCUT2D eigenvalue weighted by molar-refractivity contribution is 5.76. The Kier molecular flexibility index (Phi) is 5.10. The average Bonchev–Trinajstić information content (AvgIpc) is 3.23. The summed E-state index contributed by atoms with van der Waals surface area (Å²) in [6.07, 6.45) is 4.20. The summed E-state index contributed by atoms with van der Waals surface area (Å²) in [6, 6.07) is 3.83. The summed E-state index contributed by atoms with van der Waals surface area (Å²) < 4.78 is 25.9. The molecule has 0 atom stereocenters. The molecule has 1 aromatic carbocycles. The van der Waals surface area contributed by atoms with E-state index < -0.39 is 11.6 Å². The van der Waals surface area contributed by atoms with Gasteiger partial charge in [0.15, 0.2) is 11.6 Å². The van der Waals surface area contributed by atoms with Crippen molar-refractivity contribution in [1.82, 2.24) is 4.90 Å². The molecule has 0 radical (unpaired) electrons. The first kappa shape index (κ1) is 14.9. The number of halogens is 2. The molecule has 0 unspecified atom stereocenters. The van der Waals surface area contributed by atoms with Gasteiger partial charge < -0.3 is 4.90 Å². The topological polar surface area (TPSA) is 20.3 Å². The highest BCUT2D eigenvalue weighted by atomic mass is 19.2. The minimum Gasteiger partial charge on any atom is -0.342 e. The molecule has 110 valence electrons. The normalized spacial score (nSPS) is 14.3. The van der Waals surface area contributed by atoms with Crippen LogP contribution in [-0.2, 0) is 11.2 Å². The minimum absolute atomic E-state index is 0.114. The van der Waals surface area contributed by atoms with Gasteiger partial charge in [-0.1, -0.05) is 13.0 Å². The largest absolute Gasteiger partial charge is 0.342 e. The molecule has 1 fully saturated rings. The molecule has 0 heterocycles. The number of carbonyl (C=O) groups is 1. The van der Waals surface area contributed by atoms with Crippen LogP contribution in [0.4, 0.5) is 8.78 Å². The van der Waals surface area contributed by atoms with E-state index in [4.69, 9.17) is 0 Å². The van der Waals surface area contributed by atoms with E-state index in [-0.39, 0.29) is 5.91 Å². The Bertz CT molecular complexity index is 472. The number of rotatable bonds is 7. The Labute approximate surface area is 118 Å². The zero-order valence-electron chi connectivity index (χ0n) is 11.9. The van der Waals surface area contributed by atoms with Crippen LogP contribution < -0.4 is 0 Å². The Morgan fingerprint density at radius 2 is 2.05 bits per heavy atom. The van der Waals surface area contributed by atoms with Gasteiger partial charge in [0.1, 0.15) is 0 Å². The predicted octanol–water partition coefficient (Wildman–Crippen LogP) is 3.55. The van der Waals surface area contributed by atoms with E-state index in [1.165, 1.54) is 25.0 Å². The zero-order chi connectivity index (χ0) is 14.5. The number of nitrogens with zero attached hydrogens (tertiary/aromatic N) is 1. The lowest BCUT2D eigenvalue weighted by Crippen LogP contribution is -2.33. The lowest BCUT2D eigenvalue weighted by atomic mass is 10.1. The van der Waals surface area contributed by atoms with Crippen LogP contribution in [0.2, 0.25) is 0 Å². The standard InChI is InChI=1S/C16H21F2NO/c1-2-9-19(11-13-3-4-13)16(20)8-6-12-5-7-14(17)15(18)10-12/h5,7,10,13H,2-4,6,8-9,11H2,1H3. The first-order chi connectivity index (χ1) is 9.60. The molecule has 0 spiro atoms. The number of hydrogen-bond donors (Lipinski definition) is 0. The second-order valence-electron chi connectivity index (χ2n) is 5.53. The molecule has 20 heavy (non-hydrogen) atoms. The van der Waals surface area contributed by atoms with E-state index >= 15 is 0 Å². The Hall–Kier alpha value is -1.45. The maximum Gasteiger partial charge on any atom is 0.222 e. The zero-order valence-corrected chi connectivity index (χ0v) is 11.9. The quantitative estimate of drug-likeness (QED) is 0.748. The van der Waals surface area contributed by atoms with Crippen molar-refractivity contribution in [2.24, 2.45) is 5.92 Å². The van der Waals surface area contributed by atoms with Gasteiger partial charge in [-0.3, -0.25) is 4.79 Å². The molecule has 1 saturated carbocycles. The van der Waals surface area contributed by atoms with Crippen molar-refractivity contribution >= 4 is 5.91 Å². The van der Waals surface area contributed by atoms with Gasteiger partial charge in [0.25, 0.3) is 0 Å². The third kappa shape index (κ3) is 4.29. The van der Waals surface area contributed by atoms with Crippen LogP contribution in [0.15, 0.2) is 18.2 Å². The first-order valence-electron chi connectivity index (χ1n) is 7.32. The molecular weight excluding hydrogens is 260 g/mol. The van der Waals surface area contributed by atoms with Crippen molar-refractivity contribution < 1.29 is 13.6 Å². The Balaban J connectivity index is 1.86. The number of amides is 1. The fourth-order valence-corrected chi connectivity index (χ4v) is 2.30. The third-order valence-electron chi connectivity index (χ3n) is 3.63. The van der Waals surface area contributed by atoms with Gasteiger partial charge in [0.05, 0.1) is 0 Å². The monoisotopic (exact) mass is 281 g/mol. The molecule has 0 aliphatic heterocycles.